The largest absolute Gasteiger partial charge is 0.381 e. The van der Waals surface area contributed by atoms with Crippen LogP contribution in [0.5, 0.6) is 0 Å². The monoisotopic (exact) mass is 290 g/mol. The fraction of sp³-hybridized carbons (Fsp3) is 0.750. The topological polar surface area (TPSA) is 50.3 Å². The molecule has 1 aromatic heterocycles. The Kier molecular flexibility index (Phi) is 4.58. The van der Waals surface area contributed by atoms with Gasteiger partial charge in [-0.2, -0.15) is 0 Å². The second kappa shape index (κ2) is 6.60. The lowest BCUT2D eigenvalue weighted by atomic mass is 10.1. The van der Waals surface area contributed by atoms with Gasteiger partial charge in [-0.3, -0.25) is 0 Å². The van der Waals surface area contributed by atoms with Gasteiger partial charge in [0.1, 0.15) is 17.5 Å². The third-order valence-corrected chi connectivity index (χ3v) is 4.33. The highest BCUT2D eigenvalue weighted by atomic mass is 16.5. The van der Waals surface area contributed by atoms with E-state index in [1.807, 2.05) is 7.11 Å². The van der Waals surface area contributed by atoms with Crippen LogP contribution in [0.2, 0.25) is 0 Å². The number of ether oxygens (including phenoxy) is 1. The first-order valence-corrected chi connectivity index (χ1v) is 8.20. The molecule has 3 rings (SSSR count). The third kappa shape index (κ3) is 3.64. The van der Waals surface area contributed by atoms with Crippen molar-refractivity contribution < 1.29 is 4.74 Å². The molecule has 2 fully saturated rings. The van der Waals surface area contributed by atoms with Gasteiger partial charge in [0.15, 0.2) is 0 Å². The Morgan fingerprint density at radius 1 is 1.24 bits per heavy atom. The van der Waals surface area contributed by atoms with Crippen LogP contribution < -0.4 is 10.2 Å². The standard InChI is InChI=1S/C16H26N4O/c1-3-8-17-14-11-15(19-16(18-14)12-4-5-12)20-9-6-13(21-2)7-10-20/h11-13H,3-10H2,1-2H3,(H,17,18,19). The molecule has 1 saturated carbocycles. The van der Waals surface area contributed by atoms with Crippen LogP contribution in [0, 0.1) is 0 Å². The van der Waals surface area contributed by atoms with E-state index in [9.17, 15) is 0 Å². The second-order valence-electron chi connectivity index (χ2n) is 6.09. The molecule has 0 atom stereocenters. The van der Waals surface area contributed by atoms with Crippen molar-refractivity contribution in [1.82, 2.24) is 9.97 Å². The highest BCUT2D eigenvalue weighted by molar-refractivity contribution is 5.50. The summed E-state index contributed by atoms with van der Waals surface area (Å²) in [5.41, 5.74) is 0. The summed E-state index contributed by atoms with van der Waals surface area (Å²) in [6.45, 7) is 5.18. The molecule has 0 unspecified atom stereocenters. The van der Waals surface area contributed by atoms with Crippen molar-refractivity contribution in [2.24, 2.45) is 0 Å². The van der Waals surface area contributed by atoms with Crippen molar-refractivity contribution in [1.29, 1.82) is 0 Å². The number of nitrogens with zero attached hydrogens (tertiary/aromatic N) is 3. The molecule has 0 radical (unpaired) electrons. The molecule has 1 aliphatic carbocycles. The van der Waals surface area contributed by atoms with Crippen molar-refractivity contribution in [2.75, 3.05) is 37.0 Å². The Hall–Kier alpha value is -1.36. The number of nitrogens with one attached hydrogen (secondary N) is 1. The molecule has 2 aliphatic rings. The summed E-state index contributed by atoms with van der Waals surface area (Å²) in [4.78, 5) is 11.9. The Morgan fingerprint density at radius 3 is 2.62 bits per heavy atom. The van der Waals surface area contributed by atoms with Crippen LogP contribution in [0.15, 0.2) is 6.07 Å². The summed E-state index contributed by atoms with van der Waals surface area (Å²) in [6.07, 6.45) is 6.15. The van der Waals surface area contributed by atoms with E-state index in [-0.39, 0.29) is 0 Å². The van der Waals surface area contributed by atoms with Gasteiger partial charge in [-0.05, 0) is 32.1 Å². The number of anilines is 2. The average molecular weight is 290 g/mol. The summed E-state index contributed by atoms with van der Waals surface area (Å²) >= 11 is 0. The van der Waals surface area contributed by atoms with Gasteiger partial charge < -0.3 is 15.0 Å². The van der Waals surface area contributed by atoms with Crippen LogP contribution >= 0.6 is 0 Å². The Labute approximate surface area is 127 Å². The first kappa shape index (κ1) is 14.6. The van der Waals surface area contributed by atoms with Crippen molar-refractivity contribution in [3.05, 3.63) is 11.9 Å². The van der Waals surface area contributed by atoms with Gasteiger partial charge in [0.2, 0.25) is 0 Å². The number of piperidine rings is 1. The summed E-state index contributed by atoms with van der Waals surface area (Å²) in [7, 11) is 1.81. The minimum Gasteiger partial charge on any atom is -0.381 e. The quantitative estimate of drug-likeness (QED) is 0.873. The van der Waals surface area contributed by atoms with E-state index in [2.05, 4.69) is 28.2 Å². The van der Waals surface area contributed by atoms with Crippen LogP contribution in [-0.2, 0) is 4.74 Å². The molecular formula is C16H26N4O. The zero-order valence-electron chi connectivity index (χ0n) is 13.1. The Balaban J connectivity index is 1.75. The maximum absolute atomic E-state index is 5.45. The zero-order valence-corrected chi connectivity index (χ0v) is 13.1. The van der Waals surface area contributed by atoms with E-state index in [1.165, 1.54) is 12.8 Å². The van der Waals surface area contributed by atoms with Crippen molar-refractivity contribution in [3.63, 3.8) is 0 Å². The lowest BCUT2D eigenvalue weighted by molar-refractivity contribution is 0.0818. The minimum atomic E-state index is 0.406. The van der Waals surface area contributed by atoms with Gasteiger partial charge in [0.05, 0.1) is 6.10 Å². The highest BCUT2D eigenvalue weighted by Gasteiger charge is 2.28. The molecule has 0 aromatic carbocycles. The fourth-order valence-electron chi connectivity index (χ4n) is 2.80. The van der Waals surface area contributed by atoms with Gasteiger partial charge in [0.25, 0.3) is 0 Å². The van der Waals surface area contributed by atoms with Crippen molar-refractivity contribution in [3.8, 4) is 0 Å². The maximum atomic E-state index is 5.45. The number of methoxy groups -OCH3 is 1. The minimum absolute atomic E-state index is 0.406. The molecule has 1 aromatic rings. The van der Waals surface area contributed by atoms with E-state index >= 15 is 0 Å². The Morgan fingerprint density at radius 2 is 2.00 bits per heavy atom. The molecular weight excluding hydrogens is 264 g/mol. The molecule has 1 aliphatic heterocycles. The predicted molar refractivity (Wildman–Crippen MR) is 85.0 cm³/mol. The molecule has 0 amide bonds. The molecule has 0 spiro atoms. The van der Waals surface area contributed by atoms with Gasteiger partial charge >= 0.3 is 0 Å². The maximum Gasteiger partial charge on any atom is 0.136 e. The van der Waals surface area contributed by atoms with E-state index in [0.29, 0.717) is 12.0 Å². The lowest BCUT2D eigenvalue weighted by Gasteiger charge is -2.32. The highest BCUT2D eigenvalue weighted by Crippen LogP contribution is 2.39. The zero-order chi connectivity index (χ0) is 14.7. The van der Waals surface area contributed by atoms with Gasteiger partial charge in [0, 0.05) is 38.7 Å². The molecule has 5 heteroatoms. The van der Waals surface area contributed by atoms with Crippen LogP contribution in [0.1, 0.15) is 50.8 Å². The van der Waals surface area contributed by atoms with Gasteiger partial charge in [-0.25, -0.2) is 9.97 Å². The van der Waals surface area contributed by atoms with E-state index in [1.54, 1.807) is 0 Å². The lowest BCUT2D eigenvalue weighted by Crippen LogP contribution is -2.37. The number of hydrogen-bond donors (Lipinski definition) is 1. The van der Waals surface area contributed by atoms with Crippen LogP contribution in [0.3, 0.4) is 0 Å². The summed E-state index contributed by atoms with van der Waals surface area (Å²) in [5.74, 6) is 3.68. The predicted octanol–water partition coefficient (Wildman–Crippen LogP) is 2.79. The summed E-state index contributed by atoms with van der Waals surface area (Å²) in [5, 5.41) is 3.41. The SMILES string of the molecule is CCCNc1cc(N2CCC(OC)CC2)nc(C2CC2)n1. The summed E-state index contributed by atoms with van der Waals surface area (Å²) < 4.78 is 5.45. The molecule has 1 saturated heterocycles. The van der Waals surface area contributed by atoms with Gasteiger partial charge in [-0.1, -0.05) is 6.92 Å². The second-order valence-corrected chi connectivity index (χ2v) is 6.09. The van der Waals surface area contributed by atoms with Crippen LogP contribution in [0.4, 0.5) is 11.6 Å². The van der Waals surface area contributed by atoms with E-state index in [0.717, 1.165) is 56.4 Å². The van der Waals surface area contributed by atoms with Crippen LogP contribution in [-0.4, -0.2) is 42.8 Å². The van der Waals surface area contributed by atoms with Crippen molar-refractivity contribution >= 4 is 11.6 Å². The van der Waals surface area contributed by atoms with Crippen LogP contribution in [0.25, 0.3) is 0 Å². The number of hydrogen-bond acceptors (Lipinski definition) is 5. The molecule has 1 N–H and O–H groups in total. The molecule has 116 valence electrons. The van der Waals surface area contributed by atoms with Gasteiger partial charge in [-0.15, -0.1) is 0 Å². The number of aromatic nitrogens is 2. The van der Waals surface area contributed by atoms with Crippen molar-refractivity contribution in [2.45, 2.75) is 51.0 Å². The fourth-order valence-corrected chi connectivity index (χ4v) is 2.80. The average Bonchev–Trinajstić information content (AvgIpc) is 3.37. The first-order valence-electron chi connectivity index (χ1n) is 8.20. The number of rotatable bonds is 6. The summed E-state index contributed by atoms with van der Waals surface area (Å²) in [6, 6.07) is 2.11. The Bertz CT molecular complexity index is 467. The van der Waals surface area contributed by atoms with E-state index in [4.69, 9.17) is 9.72 Å². The normalized spacial score (nSPS) is 19.8. The molecule has 21 heavy (non-hydrogen) atoms. The van der Waals surface area contributed by atoms with E-state index < -0.39 is 0 Å². The molecule has 0 bridgehead atoms. The molecule has 2 heterocycles. The third-order valence-electron chi connectivity index (χ3n) is 4.33. The molecule has 5 nitrogen and oxygen atoms in total. The smallest absolute Gasteiger partial charge is 0.136 e. The first-order chi connectivity index (χ1) is 10.3.